The summed E-state index contributed by atoms with van der Waals surface area (Å²) in [5.74, 6) is 0.733. The van der Waals surface area contributed by atoms with Gasteiger partial charge in [-0.3, -0.25) is 19.3 Å². The largest absolute Gasteiger partial charge is 0.493 e. The third kappa shape index (κ3) is 7.66. The summed E-state index contributed by atoms with van der Waals surface area (Å²) in [5.41, 5.74) is 4.35. The zero-order chi connectivity index (χ0) is 30.4. The summed E-state index contributed by atoms with van der Waals surface area (Å²) in [5, 5.41) is 2.59. The van der Waals surface area contributed by atoms with Crippen molar-refractivity contribution < 1.29 is 28.6 Å². The number of anilines is 1. The van der Waals surface area contributed by atoms with Gasteiger partial charge in [-0.2, -0.15) is 0 Å². The van der Waals surface area contributed by atoms with Crippen LogP contribution in [-0.4, -0.2) is 48.8 Å². The van der Waals surface area contributed by atoms with Crippen LogP contribution in [0.2, 0.25) is 5.02 Å². The standard InChI is InChI=1S/C32H33ClN2O6S/c1-19(2)24-10-9-21(4)14-26(24)40-12-11-35-31(37)28(42-32(35)38)17-22-15-25(33)30(27(16-22)39-5)41-18-29(36)34-23-8-6-7-20(3)13-23/h6-10,13-17,19H,11-12,18H2,1-5H3,(H,34,36)/b28-17-. The Bertz CT molecular complexity index is 1540. The van der Waals surface area contributed by atoms with E-state index >= 15 is 0 Å². The average Bonchev–Trinajstić information content (AvgIpc) is 3.19. The second kappa shape index (κ2) is 13.8. The van der Waals surface area contributed by atoms with Crippen LogP contribution in [0, 0.1) is 13.8 Å². The number of methoxy groups -OCH3 is 1. The second-order valence-electron chi connectivity index (χ2n) is 10.1. The number of nitrogens with zero attached hydrogens (tertiary/aromatic N) is 1. The Morgan fingerprint density at radius 2 is 1.79 bits per heavy atom. The molecule has 1 N–H and O–H groups in total. The average molecular weight is 609 g/mol. The van der Waals surface area contributed by atoms with E-state index in [1.54, 1.807) is 24.3 Å². The summed E-state index contributed by atoms with van der Waals surface area (Å²) < 4.78 is 17.1. The van der Waals surface area contributed by atoms with Crippen molar-refractivity contribution in [3.8, 4) is 17.2 Å². The molecule has 1 aliphatic heterocycles. The summed E-state index contributed by atoms with van der Waals surface area (Å²) >= 11 is 7.33. The minimum absolute atomic E-state index is 0.120. The minimum Gasteiger partial charge on any atom is -0.493 e. The first kappa shape index (κ1) is 31.0. The number of aryl methyl sites for hydroxylation is 2. The Morgan fingerprint density at radius 1 is 1.02 bits per heavy atom. The third-order valence-corrected chi connectivity index (χ3v) is 7.62. The van der Waals surface area contributed by atoms with Crippen molar-refractivity contribution in [1.29, 1.82) is 0 Å². The lowest BCUT2D eigenvalue weighted by molar-refractivity contribution is -0.123. The highest BCUT2D eigenvalue weighted by Crippen LogP contribution is 2.39. The van der Waals surface area contributed by atoms with Gasteiger partial charge in [-0.15, -0.1) is 0 Å². The van der Waals surface area contributed by atoms with Gasteiger partial charge in [0.15, 0.2) is 18.1 Å². The molecule has 42 heavy (non-hydrogen) atoms. The molecule has 10 heteroatoms. The number of rotatable bonds is 11. The van der Waals surface area contributed by atoms with Crippen LogP contribution in [-0.2, 0) is 9.59 Å². The zero-order valence-corrected chi connectivity index (χ0v) is 25.7. The molecule has 3 aromatic rings. The molecule has 0 atom stereocenters. The van der Waals surface area contributed by atoms with E-state index in [1.807, 2.05) is 50.2 Å². The van der Waals surface area contributed by atoms with Crippen molar-refractivity contribution in [3.05, 3.63) is 86.8 Å². The molecule has 0 radical (unpaired) electrons. The zero-order valence-electron chi connectivity index (χ0n) is 24.2. The van der Waals surface area contributed by atoms with Crippen LogP contribution < -0.4 is 19.5 Å². The van der Waals surface area contributed by atoms with E-state index in [2.05, 4.69) is 19.2 Å². The third-order valence-electron chi connectivity index (χ3n) is 6.44. The number of thioether (sulfide) groups is 1. The van der Waals surface area contributed by atoms with Gasteiger partial charge >= 0.3 is 0 Å². The summed E-state index contributed by atoms with van der Waals surface area (Å²) in [6.45, 7) is 8.10. The number of hydrogen-bond acceptors (Lipinski definition) is 7. The Hall–Kier alpha value is -3.95. The van der Waals surface area contributed by atoms with E-state index in [1.165, 1.54) is 12.0 Å². The normalized spacial score (nSPS) is 14.1. The number of carbonyl (C=O) groups is 3. The number of imide groups is 1. The van der Waals surface area contributed by atoms with Gasteiger partial charge in [0.05, 0.1) is 23.6 Å². The molecule has 3 aromatic carbocycles. The van der Waals surface area contributed by atoms with Gasteiger partial charge in [0.25, 0.3) is 17.1 Å². The lowest BCUT2D eigenvalue weighted by Crippen LogP contribution is -2.32. The topological polar surface area (TPSA) is 94.2 Å². The molecule has 0 bridgehead atoms. The van der Waals surface area contributed by atoms with Crippen molar-refractivity contribution in [2.24, 2.45) is 0 Å². The molecule has 4 rings (SSSR count). The molecular formula is C32H33ClN2O6S. The molecule has 0 aromatic heterocycles. The van der Waals surface area contributed by atoms with E-state index < -0.39 is 5.91 Å². The van der Waals surface area contributed by atoms with Crippen LogP contribution >= 0.6 is 23.4 Å². The highest BCUT2D eigenvalue weighted by molar-refractivity contribution is 8.18. The molecule has 1 saturated heterocycles. The Balaban J connectivity index is 1.40. The van der Waals surface area contributed by atoms with Crippen LogP contribution in [0.25, 0.3) is 6.08 Å². The van der Waals surface area contributed by atoms with Gasteiger partial charge < -0.3 is 19.5 Å². The fourth-order valence-electron chi connectivity index (χ4n) is 4.36. The van der Waals surface area contributed by atoms with E-state index in [0.717, 1.165) is 34.2 Å². The van der Waals surface area contributed by atoms with Gasteiger partial charge in [0, 0.05) is 5.69 Å². The predicted molar refractivity (Wildman–Crippen MR) is 167 cm³/mol. The molecule has 0 saturated carbocycles. The van der Waals surface area contributed by atoms with E-state index in [9.17, 15) is 14.4 Å². The number of halogens is 1. The quantitative estimate of drug-likeness (QED) is 0.230. The summed E-state index contributed by atoms with van der Waals surface area (Å²) in [7, 11) is 1.45. The first-order valence-corrected chi connectivity index (χ1v) is 14.6. The second-order valence-corrected chi connectivity index (χ2v) is 11.5. The number of carbonyl (C=O) groups excluding carboxylic acids is 3. The smallest absolute Gasteiger partial charge is 0.293 e. The monoisotopic (exact) mass is 608 g/mol. The van der Waals surface area contributed by atoms with Crippen LogP contribution in [0.3, 0.4) is 0 Å². The van der Waals surface area contributed by atoms with Crippen molar-refractivity contribution in [3.63, 3.8) is 0 Å². The summed E-state index contributed by atoms with van der Waals surface area (Å²) in [6, 6.07) is 16.7. The molecule has 3 amide bonds. The van der Waals surface area contributed by atoms with Gasteiger partial charge in [0.1, 0.15) is 12.4 Å². The Morgan fingerprint density at radius 3 is 2.50 bits per heavy atom. The molecule has 0 aliphatic carbocycles. The fraction of sp³-hybridized carbons (Fsp3) is 0.281. The fourth-order valence-corrected chi connectivity index (χ4v) is 5.49. The van der Waals surface area contributed by atoms with E-state index in [4.69, 9.17) is 25.8 Å². The number of hydrogen-bond donors (Lipinski definition) is 1. The van der Waals surface area contributed by atoms with E-state index in [0.29, 0.717) is 11.3 Å². The predicted octanol–water partition coefficient (Wildman–Crippen LogP) is 7.22. The summed E-state index contributed by atoms with van der Waals surface area (Å²) in [6.07, 6.45) is 1.58. The lowest BCUT2D eigenvalue weighted by Gasteiger charge is -2.17. The highest BCUT2D eigenvalue weighted by Gasteiger charge is 2.35. The molecule has 0 unspecified atom stereocenters. The molecule has 0 spiro atoms. The molecular weight excluding hydrogens is 576 g/mol. The van der Waals surface area contributed by atoms with Crippen molar-refractivity contribution in [2.75, 3.05) is 32.2 Å². The lowest BCUT2D eigenvalue weighted by atomic mass is 10.0. The molecule has 1 heterocycles. The van der Waals surface area contributed by atoms with Gasteiger partial charge in [0.2, 0.25) is 0 Å². The SMILES string of the molecule is COc1cc(/C=C2\SC(=O)N(CCOc3cc(C)ccc3C(C)C)C2=O)cc(Cl)c1OCC(=O)Nc1cccc(C)c1. The van der Waals surface area contributed by atoms with Crippen molar-refractivity contribution in [2.45, 2.75) is 33.6 Å². The Labute approximate surface area is 255 Å². The number of benzene rings is 3. The molecule has 1 aliphatic rings. The highest BCUT2D eigenvalue weighted by atomic mass is 35.5. The van der Waals surface area contributed by atoms with Gasteiger partial charge in [-0.1, -0.05) is 49.7 Å². The first-order valence-electron chi connectivity index (χ1n) is 13.4. The van der Waals surface area contributed by atoms with E-state index in [-0.39, 0.29) is 58.2 Å². The maximum absolute atomic E-state index is 13.1. The van der Waals surface area contributed by atoms with Gasteiger partial charge in [-0.05, 0) is 90.2 Å². The molecule has 220 valence electrons. The molecule has 8 nitrogen and oxygen atoms in total. The van der Waals surface area contributed by atoms with Crippen molar-refractivity contribution >= 4 is 52.2 Å². The van der Waals surface area contributed by atoms with Crippen LogP contribution in [0.5, 0.6) is 17.2 Å². The number of nitrogens with one attached hydrogen (secondary N) is 1. The first-order chi connectivity index (χ1) is 20.0. The number of amides is 3. The number of ether oxygens (including phenoxy) is 3. The minimum atomic E-state index is -0.412. The van der Waals surface area contributed by atoms with Crippen molar-refractivity contribution in [1.82, 2.24) is 4.90 Å². The molecule has 1 fully saturated rings. The Kier molecular flexibility index (Phi) is 10.2. The maximum Gasteiger partial charge on any atom is 0.293 e. The van der Waals surface area contributed by atoms with Gasteiger partial charge in [-0.25, -0.2) is 0 Å². The van der Waals surface area contributed by atoms with Crippen LogP contribution in [0.15, 0.2) is 59.5 Å². The van der Waals surface area contributed by atoms with Crippen LogP contribution in [0.1, 0.15) is 42.0 Å². The summed E-state index contributed by atoms with van der Waals surface area (Å²) in [4.78, 5) is 39.6. The maximum atomic E-state index is 13.1. The van der Waals surface area contributed by atoms with Crippen LogP contribution in [0.4, 0.5) is 10.5 Å².